The molecule has 2 unspecified atom stereocenters. The maximum atomic E-state index is 13.9. The van der Waals surface area contributed by atoms with Crippen LogP contribution in [0.4, 0.5) is 4.79 Å². The van der Waals surface area contributed by atoms with Gasteiger partial charge in [0.1, 0.15) is 36.5 Å². The lowest BCUT2D eigenvalue weighted by molar-refractivity contribution is -0.126. The first kappa shape index (κ1) is 39.4. The average molecular weight is 822 g/mol. The van der Waals surface area contributed by atoms with E-state index in [-0.39, 0.29) is 30.1 Å². The Morgan fingerprint density at radius 2 is 1.64 bits per heavy atom. The molecule has 2 aliphatic heterocycles. The molecule has 0 saturated heterocycles. The largest absolute Gasteiger partial charge is 0.489 e. The lowest BCUT2D eigenvalue weighted by Gasteiger charge is -2.43. The molecule has 1 saturated carbocycles. The van der Waals surface area contributed by atoms with Crippen molar-refractivity contribution >= 4 is 35.1 Å². The number of aromatic nitrogens is 1. The molecule has 0 spiro atoms. The van der Waals surface area contributed by atoms with E-state index < -0.39 is 6.04 Å². The Labute approximate surface area is 348 Å². The van der Waals surface area contributed by atoms with Gasteiger partial charge in [0.2, 0.25) is 5.91 Å². The number of ether oxygens (including phenoxy) is 4. The molecule has 12 heteroatoms. The Kier molecular flexibility index (Phi) is 11.4. The number of benzene rings is 4. The van der Waals surface area contributed by atoms with E-state index in [1.165, 1.54) is 0 Å². The Morgan fingerprint density at radius 3 is 2.38 bits per heavy atom. The second kappa shape index (κ2) is 16.8. The third-order valence-corrected chi connectivity index (χ3v) is 12.1. The minimum absolute atomic E-state index is 0.192. The minimum Gasteiger partial charge on any atom is -0.489 e. The lowest BCUT2D eigenvalue weighted by Crippen LogP contribution is -2.60. The van der Waals surface area contributed by atoms with Crippen LogP contribution in [0.1, 0.15) is 71.4 Å². The highest BCUT2D eigenvalue weighted by Gasteiger charge is 2.40. The molecular formula is C46H46Cl2N4O6. The minimum atomic E-state index is -0.688. The van der Waals surface area contributed by atoms with E-state index in [0.717, 1.165) is 69.8 Å². The molecule has 1 aromatic heterocycles. The van der Waals surface area contributed by atoms with Crippen molar-refractivity contribution in [2.75, 3.05) is 13.2 Å². The van der Waals surface area contributed by atoms with E-state index in [2.05, 4.69) is 22.5 Å². The van der Waals surface area contributed by atoms with E-state index in [1.807, 2.05) is 86.6 Å². The van der Waals surface area contributed by atoms with E-state index >= 15 is 0 Å². The molecule has 10 nitrogen and oxygen atoms in total. The number of pyridine rings is 1. The summed E-state index contributed by atoms with van der Waals surface area (Å²) >= 11 is 12.2. The normalized spacial score (nSPS) is 17.7. The Morgan fingerprint density at radius 1 is 0.897 bits per heavy atom. The standard InChI is InChI=1S/C46H46Cl2N4O6/c1-28-29(2)49-20-16-40(28)57-36-10-5-30(6-11-36)15-19-50-44(53)39-22-33-23-41-42(24-34(33)25-52(39)45(54)51-46(3)17-4-18-46)58-43(27-56-41)32-8-12-35(13-9-32)55-26-31-7-14-37(47)38(48)21-31/h5-14,16,20-21,23-24,39,43H,4,15,17-19,22,25-27H2,1-3H3,(H,50,53)(H,51,54). The van der Waals surface area contributed by atoms with Crippen LogP contribution in [0.5, 0.6) is 28.7 Å². The number of urea groups is 1. The molecule has 1 fully saturated rings. The highest BCUT2D eigenvalue weighted by Crippen LogP contribution is 2.41. The highest BCUT2D eigenvalue weighted by atomic mass is 35.5. The van der Waals surface area contributed by atoms with Crippen LogP contribution in [0, 0.1) is 13.8 Å². The second-order valence-corrected chi connectivity index (χ2v) is 16.4. The number of nitrogens with zero attached hydrogens (tertiary/aromatic N) is 2. The number of halogens is 2. The van der Waals surface area contributed by atoms with Gasteiger partial charge in [-0.3, -0.25) is 9.78 Å². The topological polar surface area (TPSA) is 111 Å². The Balaban J connectivity index is 0.913. The van der Waals surface area contributed by atoms with Crippen molar-refractivity contribution in [2.24, 2.45) is 0 Å². The fourth-order valence-electron chi connectivity index (χ4n) is 7.53. The molecule has 0 bridgehead atoms. The first-order chi connectivity index (χ1) is 28.0. The van der Waals surface area contributed by atoms with Gasteiger partial charge >= 0.3 is 6.03 Å². The number of fused-ring (bicyclic) bond motifs is 2. The average Bonchev–Trinajstić information content (AvgIpc) is 3.21. The van der Waals surface area contributed by atoms with E-state index in [0.29, 0.717) is 59.9 Å². The predicted molar refractivity (Wildman–Crippen MR) is 223 cm³/mol. The smallest absolute Gasteiger partial charge is 0.318 e. The fraction of sp³-hybridized carbons (Fsp3) is 0.326. The van der Waals surface area contributed by atoms with Crippen LogP contribution in [0.25, 0.3) is 0 Å². The van der Waals surface area contributed by atoms with Crippen LogP contribution in [0.2, 0.25) is 10.0 Å². The maximum Gasteiger partial charge on any atom is 0.318 e. The quantitative estimate of drug-likeness (QED) is 0.137. The number of aryl methyl sites for hydroxylation is 1. The van der Waals surface area contributed by atoms with Crippen molar-refractivity contribution in [1.29, 1.82) is 0 Å². The van der Waals surface area contributed by atoms with Gasteiger partial charge in [-0.2, -0.15) is 0 Å². The van der Waals surface area contributed by atoms with Gasteiger partial charge in [-0.25, -0.2) is 4.79 Å². The number of hydrogen-bond acceptors (Lipinski definition) is 7. The fourth-order valence-corrected chi connectivity index (χ4v) is 7.85. The van der Waals surface area contributed by atoms with E-state index in [9.17, 15) is 9.59 Å². The van der Waals surface area contributed by atoms with Crippen molar-refractivity contribution in [1.82, 2.24) is 20.5 Å². The van der Waals surface area contributed by atoms with Gasteiger partial charge in [-0.05, 0) is 129 Å². The van der Waals surface area contributed by atoms with Gasteiger partial charge in [0, 0.05) is 42.5 Å². The van der Waals surface area contributed by atoms with Crippen LogP contribution >= 0.6 is 23.2 Å². The molecule has 58 heavy (non-hydrogen) atoms. The number of rotatable bonds is 11. The van der Waals surface area contributed by atoms with Crippen molar-refractivity contribution in [3.05, 3.63) is 140 Å². The number of nitrogens with one attached hydrogen (secondary N) is 2. The van der Waals surface area contributed by atoms with E-state index in [4.69, 9.17) is 42.1 Å². The van der Waals surface area contributed by atoms with Gasteiger partial charge in [0.25, 0.3) is 0 Å². The number of carbonyl (C=O) groups is 2. The molecule has 4 aromatic carbocycles. The van der Waals surface area contributed by atoms with Crippen LogP contribution in [0.3, 0.4) is 0 Å². The van der Waals surface area contributed by atoms with Gasteiger partial charge in [0.15, 0.2) is 17.6 Å². The Hall–Kier alpha value is -5.45. The molecule has 1 aliphatic carbocycles. The van der Waals surface area contributed by atoms with Crippen LogP contribution in [0.15, 0.2) is 91.1 Å². The molecule has 5 aromatic rings. The monoisotopic (exact) mass is 820 g/mol. The van der Waals surface area contributed by atoms with Crippen molar-refractivity contribution in [3.63, 3.8) is 0 Å². The summed E-state index contributed by atoms with van der Waals surface area (Å²) in [5, 5.41) is 7.33. The molecule has 0 radical (unpaired) electrons. The first-order valence-corrected chi connectivity index (χ1v) is 20.4. The van der Waals surface area contributed by atoms with Crippen molar-refractivity contribution < 1.29 is 28.5 Å². The number of amides is 3. The third kappa shape index (κ3) is 8.83. The highest BCUT2D eigenvalue weighted by molar-refractivity contribution is 6.42. The van der Waals surface area contributed by atoms with Crippen LogP contribution in [-0.2, 0) is 30.8 Å². The summed E-state index contributed by atoms with van der Waals surface area (Å²) in [4.78, 5) is 33.8. The van der Waals surface area contributed by atoms with Gasteiger partial charge in [-0.15, -0.1) is 0 Å². The zero-order chi connectivity index (χ0) is 40.4. The summed E-state index contributed by atoms with van der Waals surface area (Å²) in [5.74, 6) is 3.25. The molecule has 3 aliphatic rings. The first-order valence-electron chi connectivity index (χ1n) is 19.7. The summed E-state index contributed by atoms with van der Waals surface area (Å²) in [6, 6.07) is 25.9. The zero-order valence-electron chi connectivity index (χ0n) is 32.8. The van der Waals surface area contributed by atoms with Gasteiger partial charge in [-0.1, -0.05) is 53.5 Å². The zero-order valence-corrected chi connectivity index (χ0v) is 34.3. The molecule has 2 N–H and O–H groups in total. The third-order valence-electron chi connectivity index (χ3n) is 11.4. The van der Waals surface area contributed by atoms with Crippen LogP contribution in [-0.4, -0.2) is 46.6 Å². The van der Waals surface area contributed by atoms with Gasteiger partial charge in [0.05, 0.1) is 10.0 Å². The maximum absolute atomic E-state index is 13.9. The summed E-state index contributed by atoms with van der Waals surface area (Å²) in [5.41, 5.74) is 6.46. The molecule has 3 heterocycles. The summed E-state index contributed by atoms with van der Waals surface area (Å²) in [6.45, 7) is 7.37. The predicted octanol–water partition coefficient (Wildman–Crippen LogP) is 9.63. The second-order valence-electron chi connectivity index (χ2n) is 15.6. The van der Waals surface area contributed by atoms with Crippen molar-refractivity contribution in [2.45, 2.75) is 83.7 Å². The summed E-state index contributed by atoms with van der Waals surface area (Å²) in [6.07, 6.45) is 5.28. The van der Waals surface area contributed by atoms with Crippen LogP contribution < -0.4 is 29.6 Å². The lowest BCUT2D eigenvalue weighted by atomic mass is 9.78. The SMILES string of the molecule is Cc1nccc(Oc2ccc(CCNC(=O)C3Cc4cc5c(cc4CN3C(=O)NC3(C)CCC3)OC(c3ccc(OCc4ccc(Cl)c(Cl)c4)cc3)CO5)cc2)c1C. The molecule has 3 amide bonds. The Bertz CT molecular complexity index is 2320. The number of hydrogen-bond donors (Lipinski definition) is 2. The summed E-state index contributed by atoms with van der Waals surface area (Å²) in [7, 11) is 0. The molecule has 8 rings (SSSR count). The summed E-state index contributed by atoms with van der Waals surface area (Å²) < 4.78 is 24.8. The number of carbonyl (C=O) groups excluding carboxylic acids is 2. The molecule has 300 valence electrons. The van der Waals surface area contributed by atoms with Gasteiger partial charge < -0.3 is 34.5 Å². The molecular weight excluding hydrogens is 775 g/mol. The molecule has 2 atom stereocenters. The van der Waals surface area contributed by atoms with Crippen molar-refractivity contribution in [3.8, 4) is 28.7 Å². The van der Waals surface area contributed by atoms with E-state index in [1.54, 1.807) is 23.2 Å².